The molecule has 0 radical (unpaired) electrons. The third kappa shape index (κ3) is 4.17. The number of benzene rings is 3. The molecule has 5 nitrogen and oxygen atoms in total. The quantitative estimate of drug-likeness (QED) is 0.583. The number of hydrogen-bond acceptors (Lipinski definition) is 3. The largest absolute Gasteiger partial charge is 0.478 e. The van der Waals surface area contributed by atoms with Crippen molar-refractivity contribution in [2.75, 3.05) is 4.72 Å². The second-order valence-electron chi connectivity index (χ2n) is 7.16. The predicted octanol–water partition coefficient (Wildman–Crippen LogP) is 4.97. The maximum absolute atomic E-state index is 13.3. The maximum atomic E-state index is 13.3. The van der Waals surface area contributed by atoms with Crippen LogP contribution in [-0.4, -0.2) is 19.5 Å². The minimum absolute atomic E-state index is 0.283. The van der Waals surface area contributed by atoms with E-state index < -0.39 is 16.0 Å². The van der Waals surface area contributed by atoms with E-state index in [2.05, 4.69) is 4.72 Å². The Bertz CT molecular complexity index is 1230. The lowest BCUT2D eigenvalue weighted by Gasteiger charge is -2.18. The van der Waals surface area contributed by atoms with Gasteiger partial charge in [0.2, 0.25) is 0 Å². The summed E-state index contributed by atoms with van der Waals surface area (Å²) in [5, 5.41) is 10.5. The second kappa shape index (κ2) is 7.72. The Labute approximate surface area is 170 Å². The monoisotopic (exact) mass is 409 g/mol. The average Bonchev–Trinajstić information content (AvgIpc) is 2.64. The van der Waals surface area contributed by atoms with E-state index >= 15 is 0 Å². The lowest BCUT2D eigenvalue weighted by atomic mass is 10.0. The van der Waals surface area contributed by atoms with Gasteiger partial charge in [0.15, 0.2) is 0 Å². The number of carbonyl (C=O) groups is 1. The number of aliphatic carboxylic acids is 1. The lowest BCUT2D eigenvalue weighted by Crippen LogP contribution is -2.17. The number of hydrogen-bond donors (Lipinski definition) is 2. The summed E-state index contributed by atoms with van der Waals surface area (Å²) in [5.41, 5.74) is 4.26. The Morgan fingerprint density at radius 2 is 1.59 bits per heavy atom. The third-order valence-corrected chi connectivity index (χ3v) is 6.75. The first-order valence-corrected chi connectivity index (χ1v) is 10.6. The van der Waals surface area contributed by atoms with Crippen LogP contribution in [0.4, 0.5) is 5.69 Å². The molecule has 0 heterocycles. The number of anilines is 1. The molecule has 3 aromatic carbocycles. The van der Waals surface area contributed by atoms with E-state index in [0.29, 0.717) is 22.4 Å². The molecule has 0 fully saturated rings. The van der Waals surface area contributed by atoms with Gasteiger partial charge in [-0.25, -0.2) is 13.2 Å². The summed E-state index contributed by atoms with van der Waals surface area (Å²) in [6.45, 7) is 7.40. The molecule has 0 aliphatic heterocycles. The Balaban J connectivity index is 2.18. The fourth-order valence-electron chi connectivity index (χ4n) is 3.46. The molecular formula is C23H23NO4S. The van der Waals surface area contributed by atoms with Gasteiger partial charge in [-0.05, 0) is 79.1 Å². The van der Waals surface area contributed by atoms with E-state index in [-0.39, 0.29) is 4.90 Å². The summed E-state index contributed by atoms with van der Waals surface area (Å²) < 4.78 is 29.4. The minimum atomic E-state index is -3.85. The molecule has 0 saturated heterocycles. The van der Waals surface area contributed by atoms with E-state index in [0.717, 1.165) is 28.0 Å². The molecule has 0 spiro atoms. The molecule has 29 heavy (non-hydrogen) atoms. The Hall–Kier alpha value is -3.12. The number of rotatable bonds is 5. The highest BCUT2D eigenvalue weighted by Crippen LogP contribution is 2.31. The molecule has 3 rings (SSSR count). The molecule has 0 unspecified atom stereocenters. The second-order valence-corrected chi connectivity index (χ2v) is 8.78. The highest BCUT2D eigenvalue weighted by molar-refractivity contribution is 7.92. The number of fused-ring (bicyclic) bond motifs is 1. The van der Waals surface area contributed by atoms with Gasteiger partial charge in [0, 0.05) is 11.5 Å². The van der Waals surface area contributed by atoms with Crippen LogP contribution in [-0.2, 0) is 14.8 Å². The molecule has 0 saturated carbocycles. The van der Waals surface area contributed by atoms with Crippen molar-refractivity contribution in [2.45, 2.75) is 32.6 Å². The van der Waals surface area contributed by atoms with Gasteiger partial charge < -0.3 is 5.11 Å². The minimum Gasteiger partial charge on any atom is -0.478 e. The molecule has 0 atom stereocenters. The van der Waals surface area contributed by atoms with Crippen LogP contribution in [0.15, 0.2) is 53.4 Å². The number of carboxylic acids is 1. The van der Waals surface area contributed by atoms with Crippen molar-refractivity contribution in [3.8, 4) is 0 Å². The molecule has 0 aliphatic carbocycles. The average molecular weight is 410 g/mol. The SMILES string of the molecule is Cc1cc(C)c(C)c(S(=O)(=O)Nc2cc(/C=C/C(=O)O)cc3ccccc23)c1C. The van der Waals surface area contributed by atoms with Crippen molar-refractivity contribution in [3.63, 3.8) is 0 Å². The van der Waals surface area contributed by atoms with Crippen molar-refractivity contribution in [2.24, 2.45) is 0 Å². The summed E-state index contributed by atoms with van der Waals surface area (Å²) in [6, 6.07) is 12.8. The predicted molar refractivity (Wildman–Crippen MR) is 117 cm³/mol. The summed E-state index contributed by atoms with van der Waals surface area (Å²) in [5.74, 6) is -1.07. The molecular weight excluding hydrogens is 386 g/mol. The molecule has 0 aromatic heterocycles. The van der Waals surface area contributed by atoms with Gasteiger partial charge >= 0.3 is 5.97 Å². The number of carboxylic acid groups (broad SMARTS) is 1. The fraction of sp³-hybridized carbons (Fsp3) is 0.174. The first-order chi connectivity index (χ1) is 13.6. The van der Waals surface area contributed by atoms with Crippen LogP contribution in [0.3, 0.4) is 0 Å². The van der Waals surface area contributed by atoms with Crippen LogP contribution >= 0.6 is 0 Å². The van der Waals surface area contributed by atoms with Gasteiger partial charge in [-0.2, -0.15) is 0 Å². The van der Waals surface area contributed by atoms with E-state index in [4.69, 9.17) is 5.11 Å². The van der Waals surface area contributed by atoms with Crippen molar-refractivity contribution in [1.82, 2.24) is 0 Å². The number of nitrogens with one attached hydrogen (secondary N) is 1. The van der Waals surface area contributed by atoms with E-state index in [1.807, 2.05) is 50.2 Å². The lowest BCUT2D eigenvalue weighted by molar-refractivity contribution is -0.131. The van der Waals surface area contributed by atoms with E-state index in [9.17, 15) is 13.2 Å². The summed E-state index contributed by atoms with van der Waals surface area (Å²) >= 11 is 0. The van der Waals surface area contributed by atoms with Gasteiger partial charge in [-0.15, -0.1) is 0 Å². The van der Waals surface area contributed by atoms with Gasteiger partial charge in [-0.3, -0.25) is 4.72 Å². The van der Waals surface area contributed by atoms with Crippen molar-refractivity contribution in [3.05, 3.63) is 76.4 Å². The summed E-state index contributed by atoms with van der Waals surface area (Å²) in [6.07, 6.45) is 2.47. The first kappa shape index (κ1) is 20.6. The highest BCUT2D eigenvalue weighted by Gasteiger charge is 2.23. The highest BCUT2D eigenvalue weighted by atomic mass is 32.2. The smallest absolute Gasteiger partial charge is 0.328 e. The molecule has 0 aliphatic rings. The number of aryl methyl sites for hydroxylation is 2. The van der Waals surface area contributed by atoms with Crippen molar-refractivity contribution < 1.29 is 18.3 Å². The summed E-state index contributed by atoms with van der Waals surface area (Å²) in [7, 11) is -3.85. The Kier molecular flexibility index (Phi) is 5.48. The van der Waals surface area contributed by atoms with Crippen LogP contribution in [0, 0.1) is 27.7 Å². The fourth-order valence-corrected chi connectivity index (χ4v) is 5.15. The molecule has 3 aromatic rings. The molecule has 150 valence electrons. The van der Waals surface area contributed by atoms with Crippen LogP contribution in [0.5, 0.6) is 0 Å². The Morgan fingerprint density at radius 3 is 2.21 bits per heavy atom. The zero-order valence-electron chi connectivity index (χ0n) is 16.8. The molecule has 0 bridgehead atoms. The molecule has 0 amide bonds. The van der Waals surface area contributed by atoms with E-state index in [1.54, 1.807) is 19.9 Å². The van der Waals surface area contributed by atoms with Gasteiger partial charge in [0.1, 0.15) is 0 Å². The van der Waals surface area contributed by atoms with Crippen LogP contribution in [0.2, 0.25) is 0 Å². The molecule has 2 N–H and O–H groups in total. The van der Waals surface area contributed by atoms with E-state index in [1.165, 1.54) is 6.08 Å². The van der Waals surface area contributed by atoms with Gasteiger partial charge in [0.05, 0.1) is 10.6 Å². The number of sulfonamides is 1. The molecule has 6 heteroatoms. The zero-order chi connectivity index (χ0) is 21.3. The maximum Gasteiger partial charge on any atom is 0.328 e. The normalized spacial score (nSPS) is 11.9. The standard InChI is InChI=1S/C23H23NO4S/c1-14-11-15(2)17(4)23(16(14)3)29(27,28)24-21-13-18(9-10-22(25)26)12-19-7-5-6-8-20(19)21/h5-13,24H,1-4H3,(H,25,26)/b10-9+. The van der Waals surface area contributed by atoms with Crippen LogP contribution in [0.25, 0.3) is 16.8 Å². The Morgan fingerprint density at radius 1 is 0.966 bits per heavy atom. The third-order valence-electron chi connectivity index (χ3n) is 5.11. The van der Waals surface area contributed by atoms with Crippen LogP contribution < -0.4 is 4.72 Å². The van der Waals surface area contributed by atoms with Crippen LogP contribution in [0.1, 0.15) is 27.8 Å². The van der Waals surface area contributed by atoms with Gasteiger partial charge in [-0.1, -0.05) is 30.3 Å². The van der Waals surface area contributed by atoms with Crippen molar-refractivity contribution >= 4 is 38.5 Å². The zero-order valence-corrected chi connectivity index (χ0v) is 17.6. The summed E-state index contributed by atoms with van der Waals surface area (Å²) in [4.78, 5) is 11.2. The first-order valence-electron chi connectivity index (χ1n) is 9.14. The van der Waals surface area contributed by atoms with Crippen molar-refractivity contribution in [1.29, 1.82) is 0 Å². The topological polar surface area (TPSA) is 83.5 Å². The van der Waals surface area contributed by atoms with Gasteiger partial charge in [0.25, 0.3) is 10.0 Å².